The molecule has 0 heteroatoms. The highest BCUT2D eigenvalue weighted by atomic mass is 14.3. The van der Waals surface area contributed by atoms with Gasteiger partial charge in [-0.3, -0.25) is 0 Å². The first-order valence-electron chi connectivity index (χ1n) is 8.60. The molecule has 0 heterocycles. The van der Waals surface area contributed by atoms with Gasteiger partial charge in [0.05, 0.1) is 0 Å². The van der Waals surface area contributed by atoms with E-state index in [1.54, 1.807) is 22.3 Å². The molecule has 0 radical (unpaired) electrons. The summed E-state index contributed by atoms with van der Waals surface area (Å²) in [5.74, 6) is 0. The lowest BCUT2D eigenvalue weighted by molar-refractivity contribution is 1.12. The number of aryl methyl sites for hydroxylation is 2. The van der Waals surface area contributed by atoms with Crippen molar-refractivity contribution in [2.45, 2.75) is 47.0 Å². The zero-order chi connectivity index (χ0) is 16.1. The minimum absolute atomic E-state index is 1.08. The molecule has 2 aliphatic rings. The molecule has 0 nitrogen and oxygen atoms in total. The molecular weight excluding hydrogens is 276 g/mol. The van der Waals surface area contributed by atoms with Gasteiger partial charge in [0.2, 0.25) is 0 Å². The molecule has 0 N–H and O–H groups in total. The van der Waals surface area contributed by atoms with E-state index in [2.05, 4.69) is 64.1 Å². The second kappa shape index (κ2) is 5.23. The summed E-state index contributed by atoms with van der Waals surface area (Å²) in [7, 11) is 0. The Morgan fingerprint density at radius 1 is 0.913 bits per heavy atom. The Morgan fingerprint density at radius 3 is 2.57 bits per heavy atom. The molecule has 0 aromatic heterocycles. The minimum Gasteiger partial charge on any atom is -0.0683 e. The predicted octanol–water partition coefficient (Wildman–Crippen LogP) is 5.84. The van der Waals surface area contributed by atoms with E-state index in [0.29, 0.717) is 0 Å². The van der Waals surface area contributed by atoms with Crippen LogP contribution in [0.5, 0.6) is 0 Å². The van der Waals surface area contributed by atoms with Crippen molar-refractivity contribution in [3.05, 3.63) is 80.4 Å². The highest BCUT2D eigenvalue weighted by molar-refractivity contribution is 5.80. The van der Waals surface area contributed by atoms with E-state index in [4.69, 9.17) is 0 Å². The van der Waals surface area contributed by atoms with Gasteiger partial charge in [-0.2, -0.15) is 0 Å². The van der Waals surface area contributed by atoms with Gasteiger partial charge in [-0.15, -0.1) is 0 Å². The van der Waals surface area contributed by atoms with Gasteiger partial charge in [0.25, 0.3) is 0 Å². The first kappa shape index (κ1) is 14.5. The van der Waals surface area contributed by atoms with Gasteiger partial charge in [-0.25, -0.2) is 0 Å². The third-order valence-electron chi connectivity index (χ3n) is 5.43. The second-order valence-electron chi connectivity index (χ2n) is 7.37. The fourth-order valence-corrected chi connectivity index (χ4v) is 4.31. The zero-order valence-corrected chi connectivity index (χ0v) is 14.6. The molecule has 4 rings (SSSR count). The number of benzene rings is 2. The summed E-state index contributed by atoms with van der Waals surface area (Å²) in [6, 6.07) is 11.5. The van der Waals surface area contributed by atoms with Gasteiger partial charge in [-0.1, -0.05) is 53.1 Å². The quantitative estimate of drug-likeness (QED) is 0.654. The van der Waals surface area contributed by atoms with Crippen molar-refractivity contribution < 1.29 is 0 Å². The Hall–Kier alpha value is -2.08. The zero-order valence-electron chi connectivity index (χ0n) is 14.6. The molecule has 2 aliphatic carbocycles. The molecule has 0 unspecified atom stereocenters. The third-order valence-corrected chi connectivity index (χ3v) is 5.43. The summed E-state index contributed by atoms with van der Waals surface area (Å²) < 4.78 is 0. The molecule has 116 valence electrons. The molecule has 0 saturated carbocycles. The monoisotopic (exact) mass is 300 g/mol. The van der Waals surface area contributed by atoms with Crippen molar-refractivity contribution >= 4 is 11.6 Å². The summed E-state index contributed by atoms with van der Waals surface area (Å²) in [4.78, 5) is 0. The predicted molar refractivity (Wildman–Crippen MR) is 99.7 cm³/mol. The van der Waals surface area contributed by atoms with Crippen LogP contribution >= 0.6 is 0 Å². The van der Waals surface area contributed by atoms with Crippen LogP contribution in [0.15, 0.2) is 41.5 Å². The van der Waals surface area contributed by atoms with Gasteiger partial charge in [0.1, 0.15) is 0 Å². The molecule has 23 heavy (non-hydrogen) atoms. The van der Waals surface area contributed by atoms with Crippen LogP contribution < -0.4 is 0 Å². The molecule has 2 aromatic rings. The van der Waals surface area contributed by atoms with Crippen LogP contribution in [0.3, 0.4) is 0 Å². The summed E-state index contributed by atoms with van der Waals surface area (Å²) >= 11 is 0. The Labute approximate surface area is 139 Å². The lowest BCUT2D eigenvalue weighted by atomic mass is 9.91. The Morgan fingerprint density at radius 2 is 1.74 bits per heavy atom. The molecular formula is C23H24. The average Bonchev–Trinajstić information content (AvgIpc) is 3.01. The standard InChI is InChI=1S/C23H24/c1-14-8-16(3)20-12-17(4)21(23(20)11-14)13-19-7-5-6-18-9-15(2)10-22(18)19/h5-9,11H,10,12-13H2,1-4H3. The van der Waals surface area contributed by atoms with Crippen molar-refractivity contribution in [2.24, 2.45) is 0 Å². The number of allylic oxidation sites excluding steroid dienone is 3. The fraction of sp³-hybridized carbons (Fsp3) is 0.304. The lowest BCUT2D eigenvalue weighted by Crippen LogP contribution is -1.98. The molecule has 2 aromatic carbocycles. The van der Waals surface area contributed by atoms with Gasteiger partial charge in [0.15, 0.2) is 0 Å². The van der Waals surface area contributed by atoms with E-state index in [1.807, 2.05) is 0 Å². The number of fused-ring (bicyclic) bond motifs is 2. The van der Waals surface area contributed by atoms with Crippen molar-refractivity contribution in [1.82, 2.24) is 0 Å². The summed E-state index contributed by atoms with van der Waals surface area (Å²) in [5, 5.41) is 0. The van der Waals surface area contributed by atoms with Crippen LogP contribution in [0.4, 0.5) is 0 Å². The summed E-state index contributed by atoms with van der Waals surface area (Å²) in [5.41, 5.74) is 15.0. The van der Waals surface area contributed by atoms with Crippen LogP contribution in [0, 0.1) is 13.8 Å². The molecule has 0 bridgehead atoms. The first-order chi connectivity index (χ1) is 11.0. The number of hydrogen-bond acceptors (Lipinski definition) is 0. The highest BCUT2D eigenvalue weighted by Crippen LogP contribution is 2.39. The molecule has 0 fully saturated rings. The normalized spacial score (nSPS) is 15.7. The maximum atomic E-state index is 2.39. The van der Waals surface area contributed by atoms with E-state index < -0.39 is 0 Å². The number of rotatable bonds is 2. The fourth-order valence-electron chi connectivity index (χ4n) is 4.31. The van der Waals surface area contributed by atoms with Crippen LogP contribution in [0.25, 0.3) is 11.6 Å². The molecule has 0 amide bonds. The topological polar surface area (TPSA) is 0 Å². The molecule has 0 spiro atoms. The van der Waals surface area contributed by atoms with Gasteiger partial charge >= 0.3 is 0 Å². The minimum atomic E-state index is 1.08. The van der Waals surface area contributed by atoms with Crippen molar-refractivity contribution in [2.75, 3.05) is 0 Å². The average molecular weight is 300 g/mol. The number of hydrogen-bond donors (Lipinski definition) is 0. The molecule has 0 aliphatic heterocycles. The maximum absolute atomic E-state index is 2.39. The van der Waals surface area contributed by atoms with E-state index in [9.17, 15) is 0 Å². The van der Waals surface area contributed by atoms with E-state index in [0.717, 1.165) is 19.3 Å². The van der Waals surface area contributed by atoms with Crippen molar-refractivity contribution in [1.29, 1.82) is 0 Å². The Bertz CT molecular complexity index is 875. The SMILES string of the molecule is CC1=Cc2cccc(CC3=C(C)Cc4c(C)cc(C)cc43)c2C1. The first-order valence-corrected chi connectivity index (χ1v) is 8.60. The van der Waals surface area contributed by atoms with Crippen molar-refractivity contribution in [3.8, 4) is 0 Å². The van der Waals surface area contributed by atoms with Gasteiger partial charge in [-0.05, 0) is 85.9 Å². The Kier molecular flexibility index (Phi) is 3.30. The van der Waals surface area contributed by atoms with E-state index in [-0.39, 0.29) is 0 Å². The molecule has 0 atom stereocenters. The highest BCUT2D eigenvalue weighted by Gasteiger charge is 2.23. The van der Waals surface area contributed by atoms with Gasteiger partial charge < -0.3 is 0 Å². The second-order valence-corrected chi connectivity index (χ2v) is 7.37. The Balaban J connectivity index is 1.76. The van der Waals surface area contributed by atoms with Crippen LogP contribution in [-0.4, -0.2) is 0 Å². The smallest absolute Gasteiger partial charge is 0.00171 e. The maximum Gasteiger partial charge on any atom is -0.00171 e. The van der Waals surface area contributed by atoms with Gasteiger partial charge in [0, 0.05) is 0 Å². The van der Waals surface area contributed by atoms with E-state index in [1.165, 1.54) is 33.4 Å². The van der Waals surface area contributed by atoms with E-state index >= 15 is 0 Å². The van der Waals surface area contributed by atoms with Crippen LogP contribution in [-0.2, 0) is 19.3 Å². The van der Waals surface area contributed by atoms with Crippen LogP contribution in [0.1, 0.15) is 52.8 Å². The van der Waals surface area contributed by atoms with Crippen molar-refractivity contribution in [3.63, 3.8) is 0 Å². The summed E-state index contributed by atoms with van der Waals surface area (Å²) in [6.07, 6.45) is 5.67. The third kappa shape index (κ3) is 2.37. The van der Waals surface area contributed by atoms with Crippen LogP contribution in [0.2, 0.25) is 0 Å². The largest absolute Gasteiger partial charge is 0.0683 e. The molecule has 0 saturated heterocycles. The lowest BCUT2D eigenvalue weighted by Gasteiger charge is -2.13. The summed E-state index contributed by atoms with van der Waals surface area (Å²) in [6.45, 7) is 9.03.